The number of hydrogen-bond donors (Lipinski definition) is 0. The summed E-state index contributed by atoms with van der Waals surface area (Å²) in [6.45, 7) is 4.00. The van der Waals surface area contributed by atoms with Gasteiger partial charge in [0.05, 0.1) is 12.1 Å². The van der Waals surface area contributed by atoms with E-state index >= 15 is 0 Å². The lowest BCUT2D eigenvalue weighted by Crippen LogP contribution is -2.08. The van der Waals surface area contributed by atoms with Crippen LogP contribution in [0.25, 0.3) is 5.69 Å². The van der Waals surface area contributed by atoms with E-state index in [9.17, 15) is 13.2 Å². The molecule has 0 unspecified atom stereocenters. The zero-order valence-electron chi connectivity index (χ0n) is 11.2. The molecular weight excluding hydrogens is 285 g/mol. The first-order valence-corrected chi connectivity index (χ1v) is 7.16. The molecular formula is C14H15F3N2S. The van der Waals surface area contributed by atoms with Gasteiger partial charge in [0.25, 0.3) is 0 Å². The molecule has 0 fully saturated rings. The lowest BCUT2D eigenvalue weighted by molar-refractivity contribution is -0.129. The van der Waals surface area contributed by atoms with Crippen LogP contribution in [-0.4, -0.2) is 21.5 Å². The predicted octanol–water partition coefficient (Wildman–Crippen LogP) is 4.53. The lowest BCUT2D eigenvalue weighted by atomic mass is 10.1. The SMILES string of the molecule is Cc1cccc(-n2ccnc2SCCC(F)(F)F)c1C. The Balaban J connectivity index is 2.18. The summed E-state index contributed by atoms with van der Waals surface area (Å²) in [5.41, 5.74) is 3.20. The van der Waals surface area contributed by atoms with Gasteiger partial charge in [0.1, 0.15) is 0 Å². The molecule has 1 aromatic heterocycles. The average molecular weight is 300 g/mol. The van der Waals surface area contributed by atoms with Crippen molar-refractivity contribution in [1.29, 1.82) is 0 Å². The molecule has 2 aromatic rings. The number of alkyl halides is 3. The molecule has 0 saturated heterocycles. The summed E-state index contributed by atoms with van der Waals surface area (Å²) in [6, 6.07) is 5.88. The van der Waals surface area contributed by atoms with Gasteiger partial charge in [-0.3, -0.25) is 4.57 Å². The summed E-state index contributed by atoms with van der Waals surface area (Å²) in [7, 11) is 0. The van der Waals surface area contributed by atoms with Gasteiger partial charge in [-0.25, -0.2) is 4.98 Å². The Morgan fingerprint density at radius 1 is 1.25 bits per heavy atom. The van der Waals surface area contributed by atoms with Gasteiger partial charge in [-0.15, -0.1) is 0 Å². The van der Waals surface area contributed by atoms with Crippen LogP contribution in [0.2, 0.25) is 0 Å². The standard InChI is InChI=1S/C14H15F3N2S/c1-10-4-3-5-12(11(10)2)19-8-7-18-13(19)20-9-6-14(15,16)17/h3-5,7-8H,6,9H2,1-2H3. The van der Waals surface area contributed by atoms with Crippen molar-refractivity contribution in [2.45, 2.75) is 31.6 Å². The fraction of sp³-hybridized carbons (Fsp3) is 0.357. The number of halogens is 3. The van der Waals surface area contributed by atoms with Crippen molar-refractivity contribution >= 4 is 11.8 Å². The van der Waals surface area contributed by atoms with Crippen molar-refractivity contribution in [3.8, 4) is 5.69 Å². The lowest BCUT2D eigenvalue weighted by Gasteiger charge is -2.12. The van der Waals surface area contributed by atoms with Crippen LogP contribution in [-0.2, 0) is 0 Å². The maximum absolute atomic E-state index is 12.2. The van der Waals surface area contributed by atoms with Crippen LogP contribution < -0.4 is 0 Å². The number of rotatable bonds is 4. The van der Waals surface area contributed by atoms with E-state index in [2.05, 4.69) is 4.98 Å². The minimum Gasteiger partial charge on any atom is -0.295 e. The van der Waals surface area contributed by atoms with Gasteiger partial charge in [-0.1, -0.05) is 23.9 Å². The Morgan fingerprint density at radius 2 is 2.00 bits per heavy atom. The fourth-order valence-corrected chi connectivity index (χ4v) is 2.78. The number of imidazole rings is 1. The largest absolute Gasteiger partial charge is 0.389 e. The van der Waals surface area contributed by atoms with Crippen LogP contribution in [0.3, 0.4) is 0 Å². The second-order valence-electron chi connectivity index (χ2n) is 4.51. The van der Waals surface area contributed by atoms with Crippen molar-refractivity contribution < 1.29 is 13.2 Å². The van der Waals surface area contributed by atoms with Crippen molar-refractivity contribution in [2.24, 2.45) is 0 Å². The quantitative estimate of drug-likeness (QED) is 0.772. The molecule has 0 aliphatic heterocycles. The fourth-order valence-electron chi connectivity index (χ4n) is 1.83. The molecule has 0 N–H and O–H groups in total. The third kappa shape index (κ3) is 3.56. The second-order valence-corrected chi connectivity index (χ2v) is 5.57. The molecule has 1 aromatic carbocycles. The summed E-state index contributed by atoms with van der Waals surface area (Å²) in [5, 5.41) is 0.586. The molecule has 0 spiro atoms. The third-order valence-corrected chi connectivity index (χ3v) is 4.03. The zero-order valence-corrected chi connectivity index (χ0v) is 12.1. The molecule has 2 rings (SSSR count). The van der Waals surface area contributed by atoms with E-state index in [0.717, 1.165) is 28.6 Å². The minimum atomic E-state index is -4.12. The molecule has 0 aliphatic carbocycles. The Hall–Kier alpha value is -1.43. The van der Waals surface area contributed by atoms with Gasteiger partial charge in [-0.2, -0.15) is 13.2 Å². The summed E-state index contributed by atoms with van der Waals surface area (Å²) < 4.78 is 38.4. The van der Waals surface area contributed by atoms with E-state index in [1.807, 2.05) is 36.6 Å². The van der Waals surface area contributed by atoms with Gasteiger partial charge in [0.15, 0.2) is 5.16 Å². The molecule has 0 atom stereocenters. The van der Waals surface area contributed by atoms with E-state index < -0.39 is 12.6 Å². The van der Waals surface area contributed by atoms with Crippen LogP contribution in [0.4, 0.5) is 13.2 Å². The molecule has 20 heavy (non-hydrogen) atoms. The van der Waals surface area contributed by atoms with Crippen LogP contribution in [0.5, 0.6) is 0 Å². The Morgan fingerprint density at radius 3 is 2.70 bits per heavy atom. The number of aryl methyl sites for hydroxylation is 1. The summed E-state index contributed by atoms with van der Waals surface area (Å²) in [4.78, 5) is 4.14. The first-order valence-electron chi connectivity index (χ1n) is 6.18. The Labute approximate surface area is 120 Å². The van der Waals surface area contributed by atoms with E-state index in [1.165, 1.54) is 0 Å². The van der Waals surface area contributed by atoms with E-state index in [1.54, 1.807) is 12.4 Å². The average Bonchev–Trinajstić information content (AvgIpc) is 2.79. The molecule has 0 amide bonds. The summed E-state index contributed by atoms with van der Waals surface area (Å²) in [5.74, 6) is -0.0224. The van der Waals surface area contributed by atoms with E-state index in [0.29, 0.717) is 5.16 Å². The molecule has 0 bridgehead atoms. The van der Waals surface area contributed by atoms with Crippen molar-refractivity contribution in [1.82, 2.24) is 9.55 Å². The highest BCUT2D eigenvalue weighted by Gasteiger charge is 2.26. The van der Waals surface area contributed by atoms with Crippen molar-refractivity contribution in [3.63, 3.8) is 0 Å². The van der Waals surface area contributed by atoms with Gasteiger partial charge >= 0.3 is 6.18 Å². The molecule has 0 saturated carbocycles. The number of thioether (sulfide) groups is 1. The highest BCUT2D eigenvalue weighted by molar-refractivity contribution is 7.99. The first kappa shape index (κ1) is 15.0. The third-order valence-electron chi connectivity index (χ3n) is 3.06. The molecule has 0 aliphatic rings. The molecule has 108 valence electrons. The van der Waals surface area contributed by atoms with Crippen LogP contribution in [0.1, 0.15) is 17.5 Å². The molecule has 0 radical (unpaired) electrons. The highest BCUT2D eigenvalue weighted by Crippen LogP contribution is 2.28. The monoisotopic (exact) mass is 300 g/mol. The van der Waals surface area contributed by atoms with Crippen molar-refractivity contribution in [3.05, 3.63) is 41.7 Å². The predicted molar refractivity (Wildman–Crippen MR) is 74.4 cm³/mol. The Kier molecular flexibility index (Phi) is 4.42. The topological polar surface area (TPSA) is 17.8 Å². The summed E-state index contributed by atoms with van der Waals surface area (Å²) in [6.07, 6.45) is -1.55. The number of aromatic nitrogens is 2. The van der Waals surface area contributed by atoms with E-state index in [-0.39, 0.29) is 5.75 Å². The normalized spacial score (nSPS) is 11.8. The van der Waals surface area contributed by atoms with Gasteiger partial charge in [0.2, 0.25) is 0 Å². The van der Waals surface area contributed by atoms with Gasteiger partial charge < -0.3 is 0 Å². The molecule has 6 heteroatoms. The maximum Gasteiger partial charge on any atom is 0.389 e. The summed E-state index contributed by atoms with van der Waals surface area (Å²) >= 11 is 1.12. The van der Waals surface area contributed by atoms with Crippen LogP contribution in [0.15, 0.2) is 35.7 Å². The van der Waals surface area contributed by atoms with Crippen LogP contribution >= 0.6 is 11.8 Å². The highest BCUT2D eigenvalue weighted by atomic mass is 32.2. The number of hydrogen-bond acceptors (Lipinski definition) is 2. The number of nitrogens with zero attached hydrogens (tertiary/aromatic N) is 2. The van der Waals surface area contributed by atoms with Gasteiger partial charge in [-0.05, 0) is 31.0 Å². The maximum atomic E-state index is 12.2. The first-order chi connectivity index (χ1) is 9.38. The zero-order chi connectivity index (χ0) is 14.8. The Bertz CT molecular complexity index is 590. The second kappa shape index (κ2) is 5.91. The minimum absolute atomic E-state index is 0.0224. The van der Waals surface area contributed by atoms with Crippen molar-refractivity contribution in [2.75, 3.05) is 5.75 Å². The smallest absolute Gasteiger partial charge is 0.295 e. The van der Waals surface area contributed by atoms with Gasteiger partial charge in [0, 0.05) is 18.1 Å². The van der Waals surface area contributed by atoms with E-state index in [4.69, 9.17) is 0 Å². The van der Waals surface area contributed by atoms with Crippen LogP contribution in [0, 0.1) is 13.8 Å². The molecule has 1 heterocycles. The molecule has 2 nitrogen and oxygen atoms in total. The number of benzene rings is 1.